The van der Waals surface area contributed by atoms with Crippen molar-refractivity contribution < 1.29 is 13.8 Å². The third-order valence-electron chi connectivity index (χ3n) is 3.92. The molecule has 23 heavy (non-hydrogen) atoms. The van der Waals surface area contributed by atoms with Crippen molar-refractivity contribution >= 4 is 22.6 Å². The van der Waals surface area contributed by atoms with Crippen LogP contribution < -0.4 is 5.32 Å². The number of amides is 2. The van der Waals surface area contributed by atoms with Gasteiger partial charge in [0.15, 0.2) is 0 Å². The fourth-order valence-corrected chi connectivity index (χ4v) is 3.80. The molecule has 1 aromatic carbocycles. The van der Waals surface area contributed by atoms with E-state index >= 15 is 0 Å². The van der Waals surface area contributed by atoms with Crippen molar-refractivity contribution in [2.45, 2.75) is 37.5 Å². The molecule has 1 saturated carbocycles. The van der Waals surface area contributed by atoms with Crippen LogP contribution in [-0.4, -0.2) is 46.8 Å². The minimum atomic E-state index is -1.27. The Labute approximate surface area is 139 Å². The van der Waals surface area contributed by atoms with Crippen molar-refractivity contribution in [3.8, 4) is 0 Å². The zero-order valence-corrected chi connectivity index (χ0v) is 14.5. The predicted molar refractivity (Wildman–Crippen MR) is 91.6 cm³/mol. The first-order valence-electron chi connectivity index (χ1n) is 7.90. The van der Waals surface area contributed by atoms with Gasteiger partial charge in [0.25, 0.3) is 5.91 Å². The molecule has 0 spiro atoms. The molecule has 2 amide bonds. The Balaban J connectivity index is 1.88. The van der Waals surface area contributed by atoms with Crippen LogP contribution in [-0.2, 0) is 21.3 Å². The van der Waals surface area contributed by atoms with E-state index in [9.17, 15) is 13.8 Å². The first-order chi connectivity index (χ1) is 11.0. The zero-order chi connectivity index (χ0) is 16.8. The van der Waals surface area contributed by atoms with E-state index in [2.05, 4.69) is 5.32 Å². The molecule has 0 bridgehead atoms. The summed E-state index contributed by atoms with van der Waals surface area (Å²) in [5, 5.41) is 2.95. The van der Waals surface area contributed by atoms with Gasteiger partial charge in [-0.3, -0.25) is 13.8 Å². The highest BCUT2D eigenvalue weighted by molar-refractivity contribution is 7.84. The van der Waals surface area contributed by atoms with Crippen LogP contribution in [0.3, 0.4) is 0 Å². The molecule has 1 aliphatic rings. The second kappa shape index (κ2) is 8.24. The van der Waals surface area contributed by atoms with Gasteiger partial charge in [0, 0.05) is 42.3 Å². The molecule has 1 unspecified atom stereocenters. The molecule has 2 rings (SSSR count). The van der Waals surface area contributed by atoms with Gasteiger partial charge in [-0.05, 0) is 30.5 Å². The van der Waals surface area contributed by atoms with Crippen molar-refractivity contribution in [2.24, 2.45) is 0 Å². The lowest BCUT2D eigenvalue weighted by Crippen LogP contribution is -2.35. The fraction of sp³-hybridized carbons (Fsp3) is 0.529. The van der Waals surface area contributed by atoms with Crippen LogP contribution in [0.25, 0.3) is 0 Å². The van der Waals surface area contributed by atoms with Gasteiger partial charge < -0.3 is 10.2 Å². The van der Waals surface area contributed by atoms with Crippen molar-refractivity contribution in [1.82, 2.24) is 10.2 Å². The van der Waals surface area contributed by atoms with Crippen LogP contribution >= 0.6 is 0 Å². The largest absolute Gasteiger partial charge is 0.353 e. The highest BCUT2D eigenvalue weighted by atomic mass is 32.2. The van der Waals surface area contributed by atoms with Gasteiger partial charge in [-0.15, -0.1) is 0 Å². The summed E-state index contributed by atoms with van der Waals surface area (Å²) in [4.78, 5) is 25.3. The molecule has 1 atom stereocenters. The number of nitrogens with zero attached hydrogens (tertiary/aromatic N) is 1. The molecule has 1 N–H and O–H groups in total. The molecule has 5 nitrogen and oxygen atoms in total. The molecule has 0 heterocycles. The summed E-state index contributed by atoms with van der Waals surface area (Å²) >= 11 is 0. The van der Waals surface area contributed by atoms with Crippen LogP contribution in [0.1, 0.15) is 41.6 Å². The number of nitrogens with one attached hydrogen (secondary N) is 1. The molecule has 6 heteroatoms. The molecule has 0 aromatic heterocycles. The lowest BCUT2D eigenvalue weighted by molar-refractivity contribution is -0.119. The molecule has 0 saturated heterocycles. The van der Waals surface area contributed by atoms with E-state index < -0.39 is 10.8 Å². The molecule has 1 fully saturated rings. The van der Waals surface area contributed by atoms with Crippen LogP contribution in [0, 0.1) is 0 Å². The lowest BCUT2D eigenvalue weighted by Gasteiger charge is -2.12. The first kappa shape index (κ1) is 17.7. The second-order valence-electron chi connectivity index (χ2n) is 6.18. The maximum atomic E-state index is 12.2. The molecule has 0 aliphatic heterocycles. The van der Waals surface area contributed by atoms with Gasteiger partial charge in [0.05, 0.1) is 0 Å². The smallest absolute Gasteiger partial charge is 0.253 e. The van der Waals surface area contributed by atoms with Gasteiger partial charge in [0.1, 0.15) is 5.75 Å². The monoisotopic (exact) mass is 336 g/mol. The third kappa shape index (κ3) is 5.46. The predicted octanol–water partition coefficient (Wildman–Crippen LogP) is 1.70. The normalized spacial score (nSPS) is 16.1. The number of rotatable bonds is 6. The van der Waals surface area contributed by atoms with Crippen LogP contribution in [0.5, 0.6) is 0 Å². The van der Waals surface area contributed by atoms with E-state index in [1.165, 1.54) is 4.90 Å². The number of carbonyl (C=O) groups is 2. The maximum Gasteiger partial charge on any atom is 0.253 e. The highest BCUT2D eigenvalue weighted by Gasteiger charge is 2.18. The summed E-state index contributed by atoms with van der Waals surface area (Å²) < 4.78 is 12.2. The fourth-order valence-electron chi connectivity index (χ4n) is 2.77. The summed E-state index contributed by atoms with van der Waals surface area (Å²) in [7, 11) is 2.12. The Bertz CT molecular complexity index is 595. The molecule has 1 aromatic rings. The summed E-state index contributed by atoms with van der Waals surface area (Å²) in [6.45, 7) is 0. The summed E-state index contributed by atoms with van der Waals surface area (Å²) in [6.07, 6.45) is 4.35. The Morgan fingerprint density at radius 1 is 1.26 bits per heavy atom. The quantitative estimate of drug-likeness (QED) is 0.860. The van der Waals surface area contributed by atoms with Crippen molar-refractivity contribution in [1.29, 1.82) is 0 Å². The number of hydrogen-bond acceptors (Lipinski definition) is 3. The van der Waals surface area contributed by atoms with Gasteiger partial charge in [0.2, 0.25) is 5.91 Å². The summed E-state index contributed by atoms with van der Waals surface area (Å²) in [5.74, 6) is 0.0713. The highest BCUT2D eigenvalue weighted by Crippen LogP contribution is 2.17. The van der Waals surface area contributed by atoms with Crippen LogP contribution in [0.2, 0.25) is 0 Å². The van der Waals surface area contributed by atoms with Gasteiger partial charge in [-0.1, -0.05) is 25.0 Å². The van der Waals surface area contributed by atoms with E-state index in [1.54, 1.807) is 32.3 Å². The van der Waals surface area contributed by atoms with E-state index in [-0.39, 0.29) is 29.4 Å². The number of benzene rings is 1. The van der Waals surface area contributed by atoms with Gasteiger partial charge in [-0.25, -0.2) is 0 Å². The molecule has 1 aliphatic carbocycles. The van der Waals surface area contributed by atoms with Crippen LogP contribution in [0.4, 0.5) is 0 Å². The first-order valence-corrected chi connectivity index (χ1v) is 9.39. The van der Waals surface area contributed by atoms with E-state index in [0.29, 0.717) is 5.56 Å². The minimum Gasteiger partial charge on any atom is -0.353 e. The molecular formula is C17H24N2O3S. The topological polar surface area (TPSA) is 66.5 Å². The van der Waals surface area contributed by atoms with E-state index in [1.807, 2.05) is 6.07 Å². The molecular weight excluding hydrogens is 312 g/mol. The van der Waals surface area contributed by atoms with Crippen molar-refractivity contribution in [2.75, 3.05) is 19.8 Å². The van der Waals surface area contributed by atoms with E-state index in [4.69, 9.17) is 0 Å². The van der Waals surface area contributed by atoms with Crippen molar-refractivity contribution in [3.05, 3.63) is 35.4 Å². The summed E-state index contributed by atoms with van der Waals surface area (Å²) in [5.41, 5.74) is 1.38. The van der Waals surface area contributed by atoms with Gasteiger partial charge >= 0.3 is 0 Å². The third-order valence-corrected chi connectivity index (χ3v) is 5.16. The molecule has 0 radical (unpaired) electrons. The standard InChI is InChI=1S/C17H24N2O3S/c1-19(2)17(21)14-7-5-6-13(10-14)11-23(22)12-16(20)18-15-8-3-4-9-15/h5-7,10,15H,3-4,8-9,11-12H2,1-2H3,(H,18,20). The molecule has 126 valence electrons. The Morgan fingerprint density at radius 2 is 1.96 bits per heavy atom. The number of carbonyl (C=O) groups excluding carboxylic acids is 2. The number of hydrogen-bond donors (Lipinski definition) is 1. The average Bonchev–Trinajstić information content (AvgIpc) is 2.99. The van der Waals surface area contributed by atoms with Gasteiger partial charge in [-0.2, -0.15) is 0 Å². The minimum absolute atomic E-state index is 0.0162. The second-order valence-corrected chi connectivity index (χ2v) is 7.63. The Morgan fingerprint density at radius 3 is 2.61 bits per heavy atom. The maximum absolute atomic E-state index is 12.2. The van der Waals surface area contributed by atoms with Crippen molar-refractivity contribution in [3.63, 3.8) is 0 Å². The Kier molecular flexibility index (Phi) is 6.33. The Hall–Kier alpha value is -1.69. The summed E-state index contributed by atoms with van der Waals surface area (Å²) in [6, 6.07) is 7.35. The zero-order valence-electron chi connectivity index (χ0n) is 13.7. The SMILES string of the molecule is CN(C)C(=O)c1cccc(CS(=O)CC(=O)NC2CCCC2)c1. The van der Waals surface area contributed by atoms with E-state index in [0.717, 1.165) is 31.2 Å². The van der Waals surface area contributed by atoms with Crippen LogP contribution in [0.15, 0.2) is 24.3 Å². The lowest BCUT2D eigenvalue weighted by atomic mass is 10.1. The average molecular weight is 336 g/mol.